The zero-order valence-electron chi connectivity index (χ0n) is 8.50. The van der Waals surface area contributed by atoms with Crippen LogP contribution in [0.1, 0.15) is 13.8 Å². The minimum atomic E-state index is 0.0218. The summed E-state index contributed by atoms with van der Waals surface area (Å²) < 4.78 is 10.9. The van der Waals surface area contributed by atoms with Gasteiger partial charge in [0.2, 0.25) is 0 Å². The fraction of sp³-hybridized carbons (Fsp3) is 0.455. The Morgan fingerprint density at radius 2 is 2.07 bits per heavy atom. The van der Waals surface area contributed by atoms with Crippen LogP contribution in [0.25, 0.3) is 0 Å². The number of hydrogen-bond acceptors (Lipinski definition) is 2. The number of rotatable bonds is 5. The van der Waals surface area contributed by atoms with Crippen LogP contribution in [0.2, 0.25) is 0 Å². The van der Waals surface area contributed by atoms with Crippen molar-refractivity contribution in [3.8, 4) is 11.5 Å². The van der Waals surface area contributed by atoms with Gasteiger partial charge < -0.3 is 9.47 Å². The molecule has 1 rings (SSSR count). The molecule has 0 aliphatic carbocycles. The molecule has 0 aliphatic heterocycles. The van der Waals surface area contributed by atoms with Gasteiger partial charge in [0.05, 0.1) is 12.5 Å². The van der Waals surface area contributed by atoms with E-state index in [9.17, 15) is 0 Å². The van der Waals surface area contributed by atoms with Gasteiger partial charge in [0.25, 0.3) is 0 Å². The molecule has 0 heterocycles. The second kappa shape index (κ2) is 5.76. The van der Waals surface area contributed by atoms with E-state index in [1.165, 1.54) is 0 Å². The molecule has 0 amide bonds. The first-order chi connectivity index (χ1) is 6.76. The van der Waals surface area contributed by atoms with E-state index in [1.807, 2.05) is 38.1 Å². The Balaban J connectivity index is 2.63. The quantitative estimate of drug-likeness (QED) is 0.702. The fourth-order valence-corrected chi connectivity index (χ4v) is 1.13. The van der Waals surface area contributed by atoms with Gasteiger partial charge in [-0.1, -0.05) is 6.07 Å². The monoisotopic (exact) mass is 214 g/mol. The van der Waals surface area contributed by atoms with Crippen LogP contribution < -0.4 is 9.47 Å². The van der Waals surface area contributed by atoms with Crippen LogP contribution in [0.15, 0.2) is 24.3 Å². The Morgan fingerprint density at radius 3 is 2.71 bits per heavy atom. The second-order valence-corrected chi connectivity index (χ2v) is 3.30. The molecule has 1 aromatic carbocycles. The maximum atomic E-state index is 5.65. The van der Waals surface area contributed by atoms with E-state index in [1.54, 1.807) is 0 Å². The normalized spacial score (nSPS) is 12.2. The molecular weight excluding hydrogens is 200 g/mol. The standard InChI is InChI=1S/C11H15ClO2/c1-3-13-10-5-4-6-11(7-10)14-9(2)8-12/h4-7,9H,3,8H2,1-2H3. The molecule has 0 N–H and O–H groups in total. The highest BCUT2D eigenvalue weighted by Gasteiger charge is 2.02. The maximum absolute atomic E-state index is 5.65. The lowest BCUT2D eigenvalue weighted by atomic mass is 10.3. The van der Waals surface area contributed by atoms with E-state index in [-0.39, 0.29) is 6.10 Å². The van der Waals surface area contributed by atoms with Crippen molar-refractivity contribution in [2.24, 2.45) is 0 Å². The van der Waals surface area contributed by atoms with Crippen LogP contribution in [0, 0.1) is 0 Å². The Labute approximate surface area is 89.8 Å². The van der Waals surface area contributed by atoms with Crippen LogP contribution in [-0.2, 0) is 0 Å². The topological polar surface area (TPSA) is 18.5 Å². The van der Waals surface area contributed by atoms with E-state index in [4.69, 9.17) is 21.1 Å². The summed E-state index contributed by atoms with van der Waals surface area (Å²) in [4.78, 5) is 0. The van der Waals surface area contributed by atoms with Gasteiger partial charge in [0, 0.05) is 6.07 Å². The third kappa shape index (κ3) is 3.46. The number of alkyl halides is 1. The lowest BCUT2D eigenvalue weighted by molar-refractivity contribution is 0.243. The van der Waals surface area contributed by atoms with E-state index in [0.717, 1.165) is 11.5 Å². The summed E-state index contributed by atoms with van der Waals surface area (Å²) in [6, 6.07) is 7.57. The van der Waals surface area contributed by atoms with Crippen LogP contribution in [0.4, 0.5) is 0 Å². The van der Waals surface area contributed by atoms with Crippen molar-refractivity contribution in [2.45, 2.75) is 20.0 Å². The number of ether oxygens (including phenoxy) is 2. The number of halogens is 1. The van der Waals surface area contributed by atoms with Crippen LogP contribution in [0.3, 0.4) is 0 Å². The van der Waals surface area contributed by atoms with Gasteiger partial charge in [-0.3, -0.25) is 0 Å². The first kappa shape index (κ1) is 11.2. The van der Waals surface area contributed by atoms with Crippen molar-refractivity contribution in [1.29, 1.82) is 0 Å². The predicted octanol–water partition coefficient (Wildman–Crippen LogP) is 3.09. The molecule has 0 bridgehead atoms. The van der Waals surface area contributed by atoms with Gasteiger partial charge in [0.1, 0.15) is 17.6 Å². The molecule has 2 nitrogen and oxygen atoms in total. The predicted molar refractivity (Wildman–Crippen MR) is 58.4 cm³/mol. The van der Waals surface area contributed by atoms with Crippen molar-refractivity contribution in [2.75, 3.05) is 12.5 Å². The highest BCUT2D eigenvalue weighted by Crippen LogP contribution is 2.20. The SMILES string of the molecule is CCOc1cccc(OC(C)CCl)c1. The van der Waals surface area contributed by atoms with Crippen LogP contribution in [-0.4, -0.2) is 18.6 Å². The van der Waals surface area contributed by atoms with Gasteiger partial charge in [-0.15, -0.1) is 11.6 Å². The van der Waals surface area contributed by atoms with Crippen LogP contribution in [0.5, 0.6) is 11.5 Å². The molecule has 0 spiro atoms. The second-order valence-electron chi connectivity index (χ2n) is 2.99. The van der Waals surface area contributed by atoms with Crippen molar-refractivity contribution in [3.05, 3.63) is 24.3 Å². The summed E-state index contributed by atoms with van der Waals surface area (Å²) in [6.45, 7) is 4.55. The summed E-state index contributed by atoms with van der Waals surface area (Å²) in [5.41, 5.74) is 0. The van der Waals surface area contributed by atoms with Crippen molar-refractivity contribution < 1.29 is 9.47 Å². The third-order valence-electron chi connectivity index (χ3n) is 1.67. The Kier molecular flexibility index (Phi) is 4.60. The molecule has 0 saturated heterocycles. The minimum Gasteiger partial charge on any atom is -0.494 e. The Morgan fingerprint density at radius 1 is 1.36 bits per heavy atom. The lowest BCUT2D eigenvalue weighted by Crippen LogP contribution is -2.12. The lowest BCUT2D eigenvalue weighted by Gasteiger charge is -2.12. The van der Waals surface area contributed by atoms with Crippen molar-refractivity contribution in [1.82, 2.24) is 0 Å². The average Bonchev–Trinajstić information content (AvgIpc) is 2.19. The molecule has 1 unspecified atom stereocenters. The van der Waals surface area contributed by atoms with Gasteiger partial charge in [-0.05, 0) is 26.0 Å². The average molecular weight is 215 g/mol. The molecule has 0 radical (unpaired) electrons. The summed E-state index contributed by atoms with van der Waals surface area (Å²) in [5, 5.41) is 0. The highest BCUT2D eigenvalue weighted by molar-refractivity contribution is 6.18. The maximum Gasteiger partial charge on any atom is 0.123 e. The van der Waals surface area contributed by atoms with Gasteiger partial charge in [0.15, 0.2) is 0 Å². The molecular formula is C11H15ClO2. The van der Waals surface area contributed by atoms with E-state index in [0.29, 0.717) is 12.5 Å². The minimum absolute atomic E-state index is 0.0218. The van der Waals surface area contributed by atoms with Gasteiger partial charge >= 0.3 is 0 Å². The molecule has 1 aromatic rings. The molecule has 0 aromatic heterocycles. The molecule has 0 saturated carbocycles. The summed E-state index contributed by atoms with van der Waals surface area (Å²) in [6.07, 6.45) is 0.0218. The smallest absolute Gasteiger partial charge is 0.123 e. The largest absolute Gasteiger partial charge is 0.494 e. The number of hydrogen-bond donors (Lipinski definition) is 0. The Hall–Kier alpha value is -0.890. The first-order valence-corrected chi connectivity index (χ1v) is 5.25. The summed E-state index contributed by atoms with van der Waals surface area (Å²) in [7, 11) is 0. The zero-order chi connectivity index (χ0) is 10.4. The van der Waals surface area contributed by atoms with Crippen molar-refractivity contribution in [3.63, 3.8) is 0 Å². The van der Waals surface area contributed by atoms with E-state index >= 15 is 0 Å². The molecule has 0 aliphatic rings. The fourth-order valence-electron chi connectivity index (χ4n) is 1.07. The highest BCUT2D eigenvalue weighted by atomic mass is 35.5. The first-order valence-electron chi connectivity index (χ1n) is 4.71. The van der Waals surface area contributed by atoms with Gasteiger partial charge in [-0.25, -0.2) is 0 Å². The summed E-state index contributed by atoms with van der Waals surface area (Å²) >= 11 is 5.65. The van der Waals surface area contributed by atoms with Crippen molar-refractivity contribution >= 4 is 11.6 Å². The Bertz CT molecular complexity index is 276. The molecule has 78 valence electrons. The molecule has 3 heteroatoms. The molecule has 0 fully saturated rings. The van der Waals surface area contributed by atoms with Gasteiger partial charge in [-0.2, -0.15) is 0 Å². The molecule has 14 heavy (non-hydrogen) atoms. The van der Waals surface area contributed by atoms with E-state index in [2.05, 4.69) is 0 Å². The third-order valence-corrected chi connectivity index (χ3v) is 2.11. The summed E-state index contributed by atoms with van der Waals surface area (Å²) in [5.74, 6) is 2.11. The van der Waals surface area contributed by atoms with E-state index < -0.39 is 0 Å². The number of benzene rings is 1. The van der Waals surface area contributed by atoms with Crippen LogP contribution >= 0.6 is 11.6 Å². The molecule has 1 atom stereocenters. The zero-order valence-corrected chi connectivity index (χ0v) is 9.25.